The first-order valence-corrected chi connectivity index (χ1v) is 8.81. The van der Waals surface area contributed by atoms with Gasteiger partial charge in [0.15, 0.2) is 5.11 Å². The number of fused-ring (bicyclic) bond motifs is 1. The van der Waals surface area contributed by atoms with Gasteiger partial charge in [0.2, 0.25) is 5.91 Å². The molecule has 3 N–H and O–H groups in total. The van der Waals surface area contributed by atoms with Crippen LogP contribution in [0.25, 0.3) is 11.0 Å². The van der Waals surface area contributed by atoms with Gasteiger partial charge in [0, 0.05) is 13.6 Å². The highest BCUT2D eigenvalue weighted by molar-refractivity contribution is 7.80. The molecule has 0 fully saturated rings. The molecule has 26 heavy (non-hydrogen) atoms. The Morgan fingerprint density at radius 3 is 2.58 bits per heavy atom. The Kier molecular flexibility index (Phi) is 5.80. The molecule has 6 nitrogen and oxygen atoms in total. The maximum absolute atomic E-state index is 12.1. The molecule has 0 bridgehead atoms. The summed E-state index contributed by atoms with van der Waals surface area (Å²) in [5.74, 6) is 0.504. The molecule has 0 aliphatic heterocycles. The highest BCUT2D eigenvalue weighted by atomic mass is 32.1. The molecule has 0 unspecified atom stereocenters. The van der Waals surface area contributed by atoms with E-state index in [-0.39, 0.29) is 12.3 Å². The molecule has 7 heteroatoms. The van der Waals surface area contributed by atoms with Crippen LogP contribution in [0, 0.1) is 0 Å². The largest absolute Gasteiger partial charge is 0.361 e. The third-order valence-electron chi connectivity index (χ3n) is 4.06. The second kappa shape index (κ2) is 8.44. The Bertz CT molecular complexity index is 907. The zero-order valence-electron chi connectivity index (χ0n) is 14.5. The number of amides is 1. The predicted molar refractivity (Wildman–Crippen MR) is 106 cm³/mol. The van der Waals surface area contributed by atoms with Crippen molar-refractivity contribution < 1.29 is 4.79 Å². The van der Waals surface area contributed by atoms with Crippen LogP contribution in [0.15, 0.2) is 54.6 Å². The number of nitrogens with one attached hydrogen (secondary N) is 3. The number of rotatable bonds is 5. The maximum atomic E-state index is 12.1. The zero-order chi connectivity index (χ0) is 18.4. The SMILES string of the molecule is Cn1c(CC(=O)NNC(=S)NCCc2ccccc2)nc2ccccc21. The highest BCUT2D eigenvalue weighted by Gasteiger charge is 2.11. The summed E-state index contributed by atoms with van der Waals surface area (Å²) in [7, 11) is 1.90. The second-order valence-electron chi connectivity index (χ2n) is 5.92. The third-order valence-corrected chi connectivity index (χ3v) is 4.30. The number of para-hydroxylation sites is 2. The van der Waals surface area contributed by atoms with Crippen molar-refractivity contribution in [3.05, 3.63) is 66.0 Å². The van der Waals surface area contributed by atoms with Gasteiger partial charge in [-0.2, -0.15) is 0 Å². The lowest BCUT2D eigenvalue weighted by atomic mass is 10.1. The minimum Gasteiger partial charge on any atom is -0.361 e. The van der Waals surface area contributed by atoms with Gasteiger partial charge in [-0.3, -0.25) is 15.6 Å². The standard InChI is InChI=1S/C19H21N5OS/c1-24-16-10-6-5-9-15(16)21-17(24)13-18(25)22-23-19(26)20-12-11-14-7-3-2-4-8-14/h2-10H,11-13H2,1H3,(H,22,25)(H2,20,23,26). The van der Waals surface area contributed by atoms with E-state index in [1.54, 1.807) is 0 Å². The van der Waals surface area contributed by atoms with E-state index >= 15 is 0 Å². The number of hydrogen-bond donors (Lipinski definition) is 3. The van der Waals surface area contributed by atoms with Crippen LogP contribution in [0.4, 0.5) is 0 Å². The number of imidazole rings is 1. The van der Waals surface area contributed by atoms with E-state index in [1.807, 2.05) is 54.1 Å². The maximum Gasteiger partial charge on any atom is 0.245 e. The smallest absolute Gasteiger partial charge is 0.245 e. The Morgan fingerprint density at radius 1 is 1.08 bits per heavy atom. The fourth-order valence-corrected chi connectivity index (χ4v) is 2.83. The fourth-order valence-electron chi connectivity index (χ4n) is 2.68. The van der Waals surface area contributed by atoms with Crippen LogP contribution >= 0.6 is 12.2 Å². The van der Waals surface area contributed by atoms with Crippen molar-refractivity contribution in [1.82, 2.24) is 25.7 Å². The van der Waals surface area contributed by atoms with Gasteiger partial charge in [0.1, 0.15) is 5.82 Å². The molecular weight excluding hydrogens is 346 g/mol. The summed E-state index contributed by atoms with van der Waals surface area (Å²) in [4.78, 5) is 16.6. The van der Waals surface area contributed by atoms with E-state index in [9.17, 15) is 4.79 Å². The summed E-state index contributed by atoms with van der Waals surface area (Å²) >= 11 is 5.17. The van der Waals surface area contributed by atoms with Gasteiger partial charge in [-0.15, -0.1) is 0 Å². The first kappa shape index (κ1) is 17.9. The Morgan fingerprint density at radius 2 is 1.81 bits per heavy atom. The van der Waals surface area contributed by atoms with Crippen LogP contribution in [0.1, 0.15) is 11.4 Å². The van der Waals surface area contributed by atoms with Crippen LogP contribution in [0.2, 0.25) is 0 Å². The number of aromatic nitrogens is 2. The number of hydrogen-bond acceptors (Lipinski definition) is 3. The fraction of sp³-hybridized carbons (Fsp3) is 0.211. The van der Waals surface area contributed by atoms with Crippen LogP contribution < -0.4 is 16.2 Å². The monoisotopic (exact) mass is 367 g/mol. The molecule has 134 valence electrons. The van der Waals surface area contributed by atoms with E-state index < -0.39 is 0 Å². The molecule has 0 radical (unpaired) electrons. The summed E-state index contributed by atoms with van der Waals surface area (Å²) in [6, 6.07) is 17.9. The molecule has 0 atom stereocenters. The quantitative estimate of drug-likeness (QED) is 0.474. The normalized spacial score (nSPS) is 10.5. The van der Waals surface area contributed by atoms with Gasteiger partial charge in [0.05, 0.1) is 17.5 Å². The molecule has 1 aromatic heterocycles. The van der Waals surface area contributed by atoms with E-state index in [1.165, 1.54) is 5.56 Å². The number of carbonyl (C=O) groups excluding carboxylic acids is 1. The molecular formula is C19H21N5OS. The number of aryl methyl sites for hydroxylation is 1. The van der Waals surface area contributed by atoms with Crippen molar-refractivity contribution in [3.8, 4) is 0 Å². The van der Waals surface area contributed by atoms with Gasteiger partial charge >= 0.3 is 0 Å². The van der Waals surface area contributed by atoms with Crippen molar-refractivity contribution >= 4 is 34.3 Å². The molecule has 0 aliphatic carbocycles. The number of thiocarbonyl (C=S) groups is 1. The zero-order valence-corrected chi connectivity index (χ0v) is 15.3. The number of carbonyl (C=O) groups is 1. The average Bonchev–Trinajstić information content (AvgIpc) is 2.97. The lowest BCUT2D eigenvalue weighted by Gasteiger charge is -2.11. The summed E-state index contributed by atoms with van der Waals surface area (Å²) < 4.78 is 1.92. The molecule has 0 spiro atoms. The van der Waals surface area contributed by atoms with Crippen molar-refractivity contribution in [1.29, 1.82) is 0 Å². The minimum atomic E-state index is -0.199. The minimum absolute atomic E-state index is 0.171. The predicted octanol–water partition coefficient (Wildman–Crippen LogP) is 1.85. The van der Waals surface area contributed by atoms with Crippen molar-refractivity contribution in [3.63, 3.8) is 0 Å². The molecule has 1 amide bonds. The average molecular weight is 367 g/mol. The summed E-state index contributed by atoms with van der Waals surface area (Å²) in [5.41, 5.74) is 8.44. The lowest BCUT2D eigenvalue weighted by molar-refractivity contribution is -0.121. The van der Waals surface area contributed by atoms with Crippen LogP contribution in [-0.2, 0) is 24.7 Å². The Hall–Kier alpha value is -2.93. The van der Waals surface area contributed by atoms with Gasteiger partial charge in [-0.25, -0.2) is 4.98 Å². The third kappa shape index (κ3) is 4.58. The van der Waals surface area contributed by atoms with Crippen LogP contribution in [-0.4, -0.2) is 27.1 Å². The van der Waals surface area contributed by atoms with Gasteiger partial charge in [0.25, 0.3) is 0 Å². The topological polar surface area (TPSA) is 71.0 Å². The van der Waals surface area contributed by atoms with Crippen LogP contribution in [0.5, 0.6) is 0 Å². The highest BCUT2D eigenvalue weighted by Crippen LogP contribution is 2.14. The van der Waals surface area contributed by atoms with Gasteiger partial charge in [-0.05, 0) is 36.3 Å². The van der Waals surface area contributed by atoms with Gasteiger partial charge < -0.3 is 9.88 Å². The first-order chi connectivity index (χ1) is 12.6. The van der Waals surface area contributed by atoms with E-state index in [4.69, 9.17) is 12.2 Å². The van der Waals surface area contributed by atoms with Crippen LogP contribution in [0.3, 0.4) is 0 Å². The number of hydrazine groups is 1. The number of benzene rings is 2. The van der Waals surface area contributed by atoms with Gasteiger partial charge in [-0.1, -0.05) is 42.5 Å². The van der Waals surface area contributed by atoms with E-state index in [2.05, 4.69) is 33.3 Å². The summed E-state index contributed by atoms with van der Waals surface area (Å²) in [5, 5.41) is 3.46. The summed E-state index contributed by atoms with van der Waals surface area (Å²) in [6.45, 7) is 0.691. The molecule has 0 saturated heterocycles. The van der Waals surface area contributed by atoms with Crippen molar-refractivity contribution in [2.24, 2.45) is 7.05 Å². The number of nitrogens with zero attached hydrogens (tertiary/aromatic N) is 2. The summed E-state index contributed by atoms with van der Waals surface area (Å²) in [6.07, 6.45) is 1.03. The Labute approximate surface area is 157 Å². The Balaban J connectivity index is 1.43. The molecule has 0 saturated carbocycles. The van der Waals surface area contributed by atoms with E-state index in [0.29, 0.717) is 17.5 Å². The molecule has 2 aromatic carbocycles. The molecule has 3 aromatic rings. The first-order valence-electron chi connectivity index (χ1n) is 8.40. The molecule has 3 rings (SSSR count). The second-order valence-corrected chi connectivity index (χ2v) is 6.33. The van der Waals surface area contributed by atoms with Crippen molar-refractivity contribution in [2.45, 2.75) is 12.8 Å². The van der Waals surface area contributed by atoms with Crippen molar-refractivity contribution in [2.75, 3.05) is 6.54 Å². The lowest BCUT2D eigenvalue weighted by Crippen LogP contribution is -2.47. The molecule has 0 aliphatic rings. The molecule has 1 heterocycles. The van der Waals surface area contributed by atoms with E-state index in [0.717, 1.165) is 17.5 Å².